The first kappa shape index (κ1) is 21.9. The van der Waals surface area contributed by atoms with Crippen LogP contribution in [0.2, 0.25) is 0 Å². The minimum atomic E-state index is -0.250. The van der Waals surface area contributed by atoms with Gasteiger partial charge in [-0.2, -0.15) is 5.10 Å². The first-order valence-electron chi connectivity index (χ1n) is 8.95. The molecule has 0 aliphatic rings. The second-order valence-corrected chi connectivity index (χ2v) is 6.26. The summed E-state index contributed by atoms with van der Waals surface area (Å²) in [6.07, 6.45) is 2.65. The first-order valence-corrected chi connectivity index (χ1v) is 8.95. The highest BCUT2D eigenvalue weighted by atomic mass is 127. The van der Waals surface area contributed by atoms with Gasteiger partial charge in [-0.1, -0.05) is 24.3 Å². The number of nitrogens with zero attached hydrogens (tertiary/aromatic N) is 3. The van der Waals surface area contributed by atoms with E-state index >= 15 is 0 Å². The van der Waals surface area contributed by atoms with Gasteiger partial charge < -0.3 is 10.6 Å². The van der Waals surface area contributed by atoms with Gasteiger partial charge >= 0.3 is 0 Å². The van der Waals surface area contributed by atoms with Crippen LogP contribution >= 0.6 is 24.0 Å². The number of benzene rings is 2. The minimum Gasteiger partial charge on any atom is -0.356 e. The molecule has 0 spiro atoms. The molecule has 7 heteroatoms. The van der Waals surface area contributed by atoms with E-state index in [4.69, 9.17) is 0 Å². The number of hydrogen-bond acceptors (Lipinski definition) is 2. The van der Waals surface area contributed by atoms with Gasteiger partial charge in [0.2, 0.25) is 0 Å². The number of nitrogens with one attached hydrogen (secondary N) is 2. The van der Waals surface area contributed by atoms with E-state index in [-0.39, 0.29) is 29.8 Å². The van der Waals surface area contributed by atoms with Crippen LogP contribution in [0.3, 0.4) is 0 Å². The molecular formula is C21H25FIN5. The van der Waals surface area contributed by atoms with Gasteiger partial charge in [0.25, 0.3) is 0 Å². The van der Waals surface area contributed by atoms with Gasteiger partial charge in [-0.15, -0.1) is 24.0 Å². The number of halogens is 2. The van der Waals surface area contributed by atoms with Gasteiger partial charge in [-0.3, -0.25) is 4.99 Å². The molecule has 0 saturated heterocycles. The molecule has 0 radical (unpaired) electrons. The van der Waals surface area contributed by atoms with Crippen molar-refractivity contribution in [2.24, 2.45) is 4.99 Å². The summed E-state index contributed by atoms with van der Waals surface area (Å²) in [4.78, 5) is 4.26. The molecule has 0 fully saturated rings. The van der Waals surface area contributed by atoms with Crippen LogP contribution in [0.15, 0.2) is 65.8 Å². The Kier molecular flexibility index (Phi) is 8.43. The van der Waals surface area contributed by atoms with Crippen LogP contribution in [0.5, 0.6) is 0 Å². The summed E-state index contributed by atoms with van der Waals surface area (Å²) in [7, 11) is 1.76. The molecule has 0 aliphatic heterocycles. The van der Waals surface area contributed by atoms with E-state index in [1.54, 1.807) is 23.9 Å². The largest absolute Gasteiger partial charge is 0.356 e. The molecule has 0 saturated carbocycles. The van der Waals surface area contributed by atoms with Crippen molar-refractivity contribution in [1.82, 2.24) is 20.4 Å². The standard InChI is InChI=1S/C21H24FN5.HI/c1-16-5-3-4-6-17(16)15-25-21(23-2)24-13-11-19-12-14-27(26-19)20-9-7-18(22)8-10-20;/h3-10,12,14H,11,13,15H2,1-2H3,(H2,23,24,25);1H. The fourth-order valence-corrected chi connectivity index (χ4v) is 2.75. The molecule has 1 heterocycles. The lowest BCUT2D eigenvalue weighted by Gasteiger charge is -2.12. The number of aromatic nitrogens is 2. The van der Waals surface area contributed by atoms with Crippen LogP contribution < -0.4 is 10.6 Å². The van der Waals surface area contributed by atoms with Crippen LogP contribution in [-0.2, 0) is 13.0 Å². The summed E-state index contributed by atoms with van der Waals surface area (Å²) in [6.45, 7) is 3.55. The van der Waals surface area contributed by atoms with Crippen molar-refractivity contribution in [3.8, 4) is 5.69 Å². The lowest BCUT2D eigenvalue weighted by molar-refractivity contribution is 0.627. The van der Waals surface area contributed by atoms with E-state index in [0.717, 1.165) is 30.3 Å². The Bertz CT molecular complexity index is 905. The molecule has 148 valence electrons. The molecule has 0 bridgehead atoms. The molecule has 0 unspecified atom stereocenters. The van der Waals surface area contributed by atoms with E-state index in [1.807, 2.05) is 24.4 Å². The van der Waals surface area contributed by atoms with Gasteiger partial charge in [-0.05, 0) is 48.4 Å². The zero-order chi connectivity index (χ0) is 19.1. The van der Waals surface area contributed by atoms with Gasteiger partial charge in [0.1, 0.15) is 5.82 Å². The summed E-state index contributed by atoms with van der Waals surface area (Å²) >= 11 is 0. The Morgan fingerprint density at radius 3 is 2.54 bits per heavy atom. The maximum atomic E-state index is 13.0. The van der Waals surface area contributed by atoms with Gasteiger partial charge in [0.05, 0.1) is 11.4 Å². The minimum absolute atomic E-state index is 0. The monoisotopic (exact) mass is 493 g/mol. The smallest absolute Gasteiger partial charge is 0.191 e. The van der Waals surface area contributed by atoms with Gasteiger partial charge in [0, 0.05) is 32.8 Å². The number of aryl methyl sites for hydroxylation is 1. The highest BCUT2D eigenvalue weighted by Gasteiger charge is 2.04. The lowest BCUT2D eigenvalue weighted by Crippen LogP contribution is -2.38. The van der Waals surface area contributed by atoms with Crippen molar-refractivity contribution in [1.29, 1.82) is 0 Å². The molecule has 0 aliphatic carbocycles. The van der Waals surface area contributed by atoms with E-state index in [1.165, 1.54) is 23.3 Å². The summed E-state index contributed by atoms with van der Waals surface area (Å²) in [5, 5.41) is 11.2. The SMILES string of the molecule is CN=C(NCCc1ccn(-c2ccc(F)cc2)n1)NCc1ccccc1C.I. The Hall–Kier alpha value is -2.42. The normalized spacial score (nSPS) is 11.0. The summed E-state index contributed by atoms with van der Waals surface area (Å²) in [5.41, 5.74) is 4.30. The molecule has 28 heavy (non-hydrogen) atoms. The summed E-state index contributed by atoms with van der Waals surface area (Å²) < 4.78 is 14.8. The van der Waals surface area contributed by atoms with E-state index in [2.05, 4.69) is 39.8 Å². The average molecular weight is 493 g/mol. The van der Waals surface area contributed by atoms with Crippen molar-refractivity contribution in [3.05, 3.63) is 83.4 Å². The second-order valence-electron chi connectivity index (χ2n) is 6.26. The topological polar surface area (TPSA) is 54.2 Å². The lowest BCUT2D eigenvalue weighted by atomic mass is 10.1. The van der Waals surface area contributed by atoms with Crippen molar-refractivity contribution in [2.45, 2.75) is 19.9 Å². The number of aliphatic imine (C=N–C) groups is 1. The van der Waals surface area contributed by atoms with Crippen molar-refractivity contribution >= 4 is 29.9 Å². The van der Waals surface area contributed by atoms with Gasteiger partial charge in [-0.25, -0.2) is 9.07 Å². The molecule has 0 amide bonds. The zero-order valence-corrected chi connectivity index (χ0v) is 18.4. The van der Waals surface area contributed by atoms with E-state index in [0.29, 0.717) is 6.54 Å². The highest BCUT2D eigenvalue weighted by molar-refractivity contribution is 14.0. The fourth-order valence-electron chi connectivity index (χ4n) is 2.75. The molecule has 2 aromatic carbocycles. The van der Waals surface area contributed by atoms with Crippen LogP contribution in [-0.4, -0.2) is 29.3 Å². The average Bonchev–Trinajstić information content (AvgIpc) is 3.15. The summed E-state index contributed by atoms with van der Waals surface area (Å²) in [6, 6.07) is 16.5. The van der Waals surface area contributed by atoms with Gasteiger partial charge in [0.15, 0.2) is 5.96 Å². The molecule has 5 nitrogen and oxygen atoms in total. The molecule has 2 N–H and O–H groups in total. The first-order chi connectivity index (χ1) is 13.2. The third kappa shape index (κ3) is 6.05. The Labute approximate surface area is 182 Å². The second kappa shape index (κ2) is 10.8. The number of rotatable bonds is 6. The van der Waals surface area contributed by atoms with Crippen LogP contribution in [0.25, 0.3) is 5.69 Å². The predicted molar refractivity (Wildman–Crippen MR) is 122 cm³/mol. The van der Waals surface area contributed by atoms with Crippen LogP contribution in [0, 0.1) is 12.7 Å². The van der Waals surface area contributed by atoms with E-state index in [9.17, 15) is 4.39 Å². The van der Waals surface area contributed by atoms with E-state index < -0.39 is 0 Å². The van der Waals surface area contributed by atoms with Crippen LogP contribution in [0.1, 0.15) is 16.8 Å². The molecule has 1 aromatic heterocycles. The van der Waals surface area contributed by atoms with Crippen molar-refractivity contribution in [2.75, 3.05) is 13.6 Å². The van der Waals surface area contributed by atoms with Crippen molar-refractivity contribution < 1.29 is 4.39 Å². The maximum Gasteiger partial charge on any atom is 0.191 e. The fraction of sp³-hybridized carbons (Fsp3) is 0.238. The number of guanidine groups is 1. The zero-order valence-electron chi connectivity index (χ0n) is 16.0. The summed E-state index contributed by atoms with van der Waals surface area (Å²) in [5.74, 6) is 0.510. The third-order valence-electron chi connectivity index (χ3n) is 4.34. The predicted octanol–water partition coefficient (Wildman–Crippen LogP) is 3.85. The Balaban J connectivity index is 0.00000280. The number of hydrogen-bond donors (Lipinski definition) is 2. The quantitative estimate of drug-likeness (QED) is 0.312. The molecule has 3 rings (SSSR count). The third-order valence-corrected chi connectivity index (χ3v) is 4.34. The highest BCUT2D eigenvalue weighted by Crippen LogP contribution is 2.09. The molecule has 3 aromatic rings. The maximum absolute atomic E-state index is 13.0. The van der Waals surface area contributed by atoms with Crippen molar-refractivity contribution in [3.63, 3.8) is 0 Å². The molecule has 0 atom stereocenters. The Morgan fingerprint density at radius 2 is 1.82 bits per heavy atom. The molecular weight excluding hydrogens is 468 g/mol. The van der Waals surface area contributed by atoms with Crippen LogP contribution in [0.4, 0.5) is 4.39 Å². The Morgan fingerprint density at radius 1 is 1.07 bits per heavy atom.